The predicted octanol–water partition coefficient (Wildman–Crippen LogP) is 1.59. The second-order valence-corrected chi connectivity index (χ2v) is 3.25. The van der Waals surface area contributed by atoms with Gasteiger partial charge in [-0.1, -0.05) is 6.08 Å². The van der Waals surface area contributed by atoms with Gasteiger partial charge in [-0.05, 0) is 26.3 Å². The molecule has 0 bridgehead atoms. The molecule has 14 heavy (non-hydrogen) atoms. The molecule has 0 amide bonds. The van der Waals surface area contributed by atoms with Gasteiger partial charge in [-0.15, -0.1) is 6.58 Å². The van der Waals surface area contributed by atoms with Crippen LogP contribution in [0.15, 0.2) is 12.7 Å². The van der Waals surface area contributed by atoms with Gasteiger partial charge in [0.25, 0.3) is 0 Å². The van der Waals surface area contributed by atoms with Crippen LogP contribution in [0.5, 0.6) is 0 Å². The Morgan fingerprint density at radius 2 is 2.07 bits per heavy atom. The summed E-state index contributed by atoms with van der Waals surface area (Å²) in [6.45, 7) is 5.88. The number of ether oxygens (including phenoxy) is 2. The summed E-state index contributed by atoms with van der Waals surface area (Å²) in [5.41, 5.74) is 0. The molecule has 0 fully saturated rings. The van der Waals surface area contributed by atoms with Gasteiger partial charge in [-0.3, -0.25) is 0 Å². The summed E-state index contributed by atoms with van der Waals surface area (Å²) in [6.07, 6.45) is 5.20. The van der Waals surface area contributed by atoms with Crippen molar-refractivity contribution in [1.82, 2.24) is 5.32 Å². The first-order chi connectivity index (χ1) is 6.85. The Morgan fingerprint density at radius 1 is 1.29 bits per heavy atom. The first-order valence-electron chi connectivity index (χ1n) is 5.20. The number of hydrogen-bond acceptors (Lipinski definition) is 3. The molecule has 1 atom stereocenters. The van der Waals surface area contributed by atoms with Crippen molar-refractivity contribution in [2.45, 2.75) is 25.3 Å². The minimum absolute atomic E-state index is 0.538. The first-order valence-corrected chi connectivity index (χ1v) is 5.20. The normalized spacial score (nSPS) is 12.7. The minimum atomic E-state index is 0.538. The molecule has 0 aromatic rings. The van der Waals surface area contributed by atoms with Crippen molar-refractivity contribution in [3.63, 3.8) is 0 Å². The Balaban J connectivity index is 3.28. The van der Waals surface area contributed by atoms with Crippen LogP contribution in [0.25, 0.3) is 0 Å². The predicted molar refractivity (Wildman–Crippen MR) is 59.6 cm³/mol. The lowest BCUT2D eigenvalue weighted by atomic mass is 10.1. The van der Waals surface area contributed by atoms with E-state index in [9.17, 15) is 0 Å². The molecule has 0 aromatic heterocycles. The van der Waals surface area contributed by atoms with Gasteiger partial charge in [0.2, 0.25) is 0 Å². The minimum Gasteiger partial charge on any atom is -0.382 e. The topological polar surface area (TPSA) is 30.5 Å². The van der Waals surface area contributed by atoms with Crippen molar-refractivity contribution >= 4 is 0 Å². The van der Waals surface area contributed by atoms with Crippen LogP contribution in [0, 0.1) is 0 Å². The molecular weight excluding hydrogens is 178 g/mol. The molecule has 0 spiro atoms. The van der Waals surface area contributed by atoms with Crippen molar-refractivity contribution in [2.24, 2.45) is 0 Å². The van der Waals surface area contributed by atoms with Gasteiger partial charge in [0.1, 0.15) is 0 Å². The Morgan fingerprint density at radius 3 is 2.64 bits per heavy atom. The lowest BCUT2D eigenvalue weighted by molar-refractivity contribution is 0.0658. The van der Waals surface area contributed by atoms with Gasteiger partial charge in [0.05, 0.1) is 13.2 Å². The summed E-state index contributed by atoms with van der Waals surface area (Å²) in [5, 5.41) is 3.27. The SMILES string of the molecule is C=CCCC(CCOCCOC)NC. The number of rotatable bonds is 10. The molecule has 0 rings (SSSR count). The summed E-state index contributed by atoms with van der Waals surface area (Å²) in [7, 11) is 3.67. The highest BCUT2D eigenvalue weighted by Crippen LogP contribution is 2.02. The molecule has 0 aliphatic heterocycles. The van der Waals surface area contributed by atoms with Crippen molar-refractivity contribution in [3.05, 3.63) is 12.7 Å². The fourth-order valence-corrected chi connectivity index (χ4v) is 1.22. The Kier molecular flexibility index (Phi) is 10.4. The summed E-state index contributed by atoms with van der Waals surface area (Å²) < 4.78 is 10.3. The summed E-state index contributed by atoms with van der Waals surface area (Å²) in [4.78, 5) is 0. The summed E-state index contributed by atoms with van der Waals surface area (Å²) in [5.74, 6) is 0. The third kappa shape index (κ3) is 8.23. The van der Waals surface area contributed by atoms with Crippen LogP contribution in [0.2, 0.25) is 0 Å². The van der Waals surface area contributed by atoms with E-state index in [-0.39, 0.29) is 0 Å². The third-order valence-electron chi connectivity index (χ3n) is 2.17. The van der Waals surface area contributed by atoms with Crippen molar-refractivity contribution in [2.75, 3.05) is 34.0 Å². The van der Waals surface area contributed by atoms with E-state index in [1.807, 2.05) is 13.1 Å². The van der Waals surface area contributed by atoms with Gasteiger partial charge >= 0.3 is 0 Å². The van der Waals surface area contributed by atoms with E-state index < -0.39 is 0 Å². The Labute approximate surface area is 87.5 Å². The molecule has 0 saturated heterocycles. The number of hydrogen-bond donors (Lipinski definition) is 1. The van der Waals surface area contributed by atoms with Crippen molar-refractivity contribution in [1.29, 1.82) is 0 Å². The second-order valence-electron chi connectivity index (χ2n) is 3.25. The zero-order valence-electron chi connectivity index (χ0n) is 9.42. The lowest BCUT2D eigenvalue weighted by Crippen LogP contribution is -2.26. The standard InChI is InChI=1S/C11H23NO2/c1-4-5-6-11(12-2)7-8-14-10-9-13-3/h4,11-12H,1,5-10H2,2-3H3. The van der Waals surface area contributed by atoms with Crippen LogP contribution >= 0.6 is 0 Å². The van der Waals surface area contributed by atoms with E-state index in [0.29, 0.717) is 19.3 Å². The highest BCUT2D eigenvalue weighted by atomic mass is 16.5. The molecule has 0 aromatic carbocycles. The van der Waals surface area contributed by atoms with Gasteiger partial charge in [0.15, 0.2) is 0 Å². The van der Waals surface area contributed by atoms with Gasteiger partial charge in [-0.25, -0.2) is 0 Å². The molecule has 3 heteroatoms. The van der Waals surface area contributed by atoms with Crippen molar-refractivity contribution in [3.8, 4) is 0 Å². The molecular formula is C11H23NO2. The highest BCUT2D eigenvalue weighted by molar-refractivity contribution is 4.72. The third-order valence-corrected chi connectivity index (χ3v) is 2.17. The molecule has 0 heterocycles. The molecule has 0 aliphatic rings. The van der Waals surface area contributed by atoms with Crippen LogP contribution in [0.1, 0.15) is 19.3 Å². The molecule has 3 nitrogen and oxygen atoms in total. The Hall–Kier alpha value is -0.380. The van der Waals surface area contributed by atoms with Crippen LogP contribution in [-0.4, -0.2) is 40.0 Å². The van der Waals surface area contributed by atoms with Gasteiger partial charge < -0.3 is 14.8 Å². The van der Waals surface area contributed by atoms with Crippen LogP contribution in [0.3, 0.4) is 0 Å². The maximum absolute atomic E-state index is 5.40. The van der Waals surface area contributed by atoms with E-state index >= 15 is 0 Å². The quantitative estimate of drug-likeness (QED) is 0.430. The zero-order chi connectivity index (χ0) is 10.6. The molecule has 0 saturated carbocycles. The average Bonchev–Trinajstić information content (AvgIpc) is 2.22. The largest absolute Gasteiger partial charge is 0.382 e. The van der Waals surface area contributed by atoms with E-state index in [1.165, 1.54) is 0 Å². The first kappa shape index (κ1) is 13.6. The molecule has 1 unspecified atom stereocenters. The van der Waals surface area contributed by atoms with Crippen molar-refractivity contribution < 1.29 is 9.47 Å². The van der Waals surface area contributed by atoms with Crippen LogP contribution < -0.4 is 5.32 Å². The molecule has 84 valence electrons. The zero-order valence-corrected chi connectivity index (χ0v) is 9.42. The summed E-state index contributed by atoms with van der Waals surface area (Å²) >= 11 is 0. The van der Waals surface area contributed by atoms with Crippen LogP contribution in [0.4, 0.5) is 0 Å². The number of nitrogens with one attached hydrogen (secondary N) is 1. The van der Waals surface area contributed by atoms with E-state index in [1.54, 1.807) is 7.11 Å². The van der Waals surface area contributed by atoms with Gasteiger partial charge in [-0.2, -0.15) is 0 Å². The molecule has 0 aliphatic carbocycles. The smallest absolute Gasteiger partial charge is 0.0700 e. The number of allylic oxidation sites excluding steroid dienone is 1. The highest BCUT2D eigenvalue weighted by Gasteiger charge is 2.03. The monoisotopic (exact) mass is 201 g/mol. The van der Waals surface area contributed by atoms with Crippen LogP contribution in [-0.2, 0) is 9.47 Å². The van der Waals surface area contributed by atoms with E-state index in [0.717, 1.165) is 25.9 Å². The fraction of sp³-hybridized carbons (Fsp3) is 0.818. The second kappa shape index (κ2) is 10.7. The van der Waals surface area contributed by atoms with E-state index in [2.05, 4.69) is 11.9 Å². The maximum atomic E-state index is 5.40. The Bertz CT molecular complexity index is 128. The molecule has 0 radical (unpaired) electrons. The summed E-state index contributed by atoms with van der Waals surface area (Å²) in [6, 6.07) is 0.538. The van der Waals surface area contributed by atoms with E-state index in [4.69, 9.17) is 9.47 Å². The number of methoxy groups -OCH3 is 1. The molecule has 1 N–H and O–H groups in total. The maximum Gasteiger partial charge on any atom is 0.0700 e. The lowest BCUT2D eigenvalue weighted by Gasteiger charge is -2.14. The fourth-order valence-electron chi connectivity index (χ4n) is 1.22. The van der Waals surface area contributed by atoms with Gasteiger partial charge in [0, 0.05) is 19.8 Å². The average molecular weight is 201 g/mol.